The van der Waals surface area contributed by atoms with Crippen LogP contribution in [0.15, 0.2) is 24.3 Å². The van der Waals surface area contributed by atoms with Crippen molar-refractivity contribution in [2.75, 3.05) is 11.4 Å². The van der Waals surface area contributed by atoms with Crippen molar-refractivity contribution in [1.29, 1.82) is 0 Å². The van der Waals surface area contributed by atoms with E-state index in [1.165, 1.54) is 0 Å². The Morgan fingerprint density at radius 1 is 1.39 bits per heavy atom. The van der Waals surface area contributed by atoms with Gasteiger partial charge in [0.2, 0.25) is 0 Å². The quantitative estimate of drug-likeness (QED) is 0.767. The summed E-state index contributed by atoms with van der Waals surface area (Å²) < 4.78 is 5.72. The van der Waals surface area contributed by atoms with Gasteiger partial charge >= 0.3 is 6.03 Å². The molecule has 1 unspecified atom stereocenters. The average molecular weight is 248 g/mol. The molecule has 1 N–H and O–H groups in total. The number of ether oxygens (including phenoxy) is 1. The Bertz CT molecular complexity index is 451. The van der Waals surface area contributed by atoms with Crippen molar-refractivity contribution in [3.8, 4) is 5.75 Å². The van der Waals surface area contributed by atoms with Crippen LogP contribution in [0.3, 0.4) is 0 Å². The summed E-state index contributed by atoms with van der Waals surface area (Å²) in [5, 5.41) is 2.98. The smallest absolute Gasteiger partial charge is 0.322 e. The number of nitrogens with one attached hydrogen (secondary N) is 1. The highest BCUT2D eigenvalue weighted by atomic mass is 16.5. The largest absolute Gasteiger partial charge is 0.487 e. The maximum Gasteiger partial charge on any atom is 0.322 e. The summed E-state index contributed by atoms with van der Waals surface area (Å²) in [5.41, 5.74) is 0.588. The molecule has 0 saturated heterocycles. The minimum Gasteiger partial charge on any atom is -0.487 e. The molecule has 1 aromatic carbocycles. The summed E-state index contributed by atoms with van der Waals surface area (Å²) in [5.74, 6) is 0.764. The molecule has 18 heavy (non-hydrogen) atoms. The Labute approximate surface area is 108 Å². The second kappa shape index (κ2) is 4.52. The lowest BCUT2D eigenvalue weighted by molar-refractivity contribution is 0.202. The molecule has 0 aliphatic carbocycles. The third-order valence-electron chi connectivity index (χ3n) is 2.65. The van der Waals surface area contributed by atoms with Crippen LogP contribution in [-0.2, 0) is 0 Å². The first-order valence-electron chi connectivity index (χ1n) is 6.22. The lowest BCUT2D eigenvalue weighted by atomic mass is 10.1. The molecule has 0 fully saturated rings. The molecule has 2 amide bonds. The van der Waals surface area contributed by atoms with Crippen molar-refractivity contribution in [3.63, 3.8) is 0 Å². The van der Waals surface area contributed by atoms with Crippen LogP contribution in [0.25, 0.3) is 0 Å². The lowest BCUT2D eigenvalue weighted by Crippen LogP contribution is -2.52. The minimum absolute atomic E-state index is 0.00520. The van der Waals surface area contributed by atoms with Gasteiger partial charge < -0.3 is 10.1 Å². The molecule has 1 aliphatic rings. The molecule has 1 heterocycles. The zero-order valence-corrected chi connectivity index (χ0v) is 11.4. The molecule has 98 valence electrons. The zero-order chi connectivity index (χ0) is 13.3. The van der Waals surface area contributed by atoms with E-state index in [9.17, 15) is 4.79 Å². The highest BCUT2D eigenvalue weighted by Crippen LogP contribution is 2.33. The molecule has 1 atom stereocenters. The molecular formula is C14H20N2O2. The summed E-state index contributed by atoms with van der Waals surface area (Å²) in [6.07, 6.45) is 0.00520. The van der Waals surface area contributed by atoms with Gasteiger partial charge in [0, 0.05) is 5.54 Å². The van der Waals surface area contributed by atoms with E-state index in [0.29, 0.717) is 6.54 Å². The van der Waals surface area contributed by atoms with Gasteiger partial charge in [-0.25, -0.2) is 4.79 Å². The molecule has 1 aliphatic heterocycles. The SMILES string of the molecule is CC1CN(C(=O)NC(C)(C)C)c2ccccc2O1. The monoisotopic (exact) mass is 248 g/mol. The third-order valence-corrected chi connectivity index (χ3v) is 2.65. The van der Waals surface area contributed by atoms with Crippen molar-refractivity contribution in [1.82, 2.24) is 5.32 Å². The molecule has 1 aromatic rings. The molecule has 4 nitrogen and oxygen atoms in total. The Balaban J connectivity index is 2.26. The summed E-state index contributed by atoms with van der Waals surface area (Å²) in [6.45, 7) is 8.45. The maximum atomic E-state index is 12.3. The standard InChI is InChI=1S/C14H20N2O2/c1-10-9-16(13(17)15-14(2,3)4)11-7-5-6-8-12(11)18-10/h5-8,10H,9H2,1-4H3,(H,15,17). The highest BCUT2D eigenvalue weighted by molar-refractivity contribution is 5.94. The van der Waals surface area contributed by atoms with Crippen LogP contribution < -0.4 is 15.0 Å². The number of anilines is 1. The minimum atomic E-state index is -0.242. The number of amides is 2. The number of carbonyl (C=O) groups excluding carboxylic acids is 1. The van der Waals surface area contributed by atoms with Gasteiger partial charge in [-0.2, -0.15) is 0 Å². The molecule has 0 spiro atoms. The van der Waals surface area contributed by atoms with E-state index >= 15 is 0 Å². The first-order chi connectivity index (χ1) is 8.37. The molecule has 4 heteroatoms. The number of benzene rings is 1. The van der Waals surface area contributed by atoms with Crippen molar-refractivity contribution in [3.05, 3.63) is 24.3 Å². The molecule has 0 aromatic heterocycles. The highest BCUT2D eigenvalue weighted by Gasteiger charge is 2.28. The van der Waals surface area contributed by atoms with Crippen molar-refractivity contribution >= 4 is 11.7 Å². The number of rotatable bonds is 0. The predicted molar refractivity (Wildman–Crippen MR) is 72.2 cm³/mol. The molecule has 2 rings (SSSR count). The summed E-state index contributed by atoms with van der Waals surface area (Å²) >= 11 is 0. The number of hydrogen-bond donors (Lipinski definition) is 1. The van der Waals surface area contributed by atoms with Gasteiger partial charge in [0.15, 0.2) is 0 Å². The second-order valence-electron chi connectivity index (χ2n) is 5.69. The maximum absolute atomic E-state index is 12.3. The van der Waals surface area contributed by atoms with Crippen LogP contribution in [0.4, 0.5) is 10.5 Å². The number of carbonyl (C=O) groups is 1. The normalized spacial score (nSPS) is 18.9. The average Bonchev–Trinajstić information content (AvgIpc) is 2.25. The van der Waals surface area contributed by atoms with Crippen molar-refractivity contribution < 1.29 is 9.53 Å². The second-order valence-corrected chi connectivity index (χ2v) is 5.69. The Hall–Kier alpha value is -1.71. The van der Waals surface area contributed by atoms with Gasteiger partial charge in [0.1, 0.15) is 11.9 Å². The Morgan fingerprint density at radius 3 is 2.72 bits per heavy atom. The fourth-order valence-corrected chi connectivity index (χ4v) is 1.97. The van der Waals surface area contributed by atoms with E-state index in [4.69, 9.17) is 4.74 Å². The fourth-order valence-electron chi connectivity index (χ4n) is 1.97. The molecule has 0 radical (unpaired) electrons. The molecule has 0 saturated carbocycles. The summed E-state index contributed by atoms with van der Waals surface area (Å²) in [6, 6.07) is 7.54. The van der Waals surface area contributed by atoms with Gasteiger partial charge in [-0.3, -0.25) is 4.90 Å². The van der Waals surface area contributed by atoms with Crippen LogP contribution in [0.2, 0.25) is 0 Å². The van der Waals surface area contributed by atoms with Gasteiger partial charge in [0.25, 0.3) is 0 Å². The van der Waals surface area contributed by atoms with Crippen LogP contribution >= 0.6 is 0 Å². The number of fused-ring (bicyclic) bond motifs is 1. The van der Waals surface area contributed by atoms with Gasteiger partial charge in [-0.15, -0.1) is 0 Å². The predicted octanol–water partition coefficient (Wildman–Crippen LogP) is 2.78. The topological polar surface area (TPSA) is 41.6 Å². The third kappa shape index (κ3) is 2.75. The number of urea groups is 1. The molecule has 0 bridgehead atoms. The number of nitrogens with zero attached hydrogens (tertiary/aromatic N) is 1. The van der Waals surface area contributed by atoms with Crippen LogP contribution in [0.5, 0.6) is 5.75 Å². The molecular weight excluding hydrogens is 228 g/mol. The first-order valence-corrected chi connectivity index (χ1v) is 6.22. The van der Waals surface area contributed by atoms with Gasteiger partial charge in [-0.1, -0.05) is 12.1 Å². The van der Waals surface area contributed by atoms with Crippen molar-refractivity contribution in [2.24, 2.45) is 0 Å². The van der Waals surface area contributed by atoms with E-state index in [-0.39, 0.29) is 17.7 Å². The number of hydrogen-bond acceptors (Lipinski definition) is 2. The van der Waals surface area contributed by atoms with E-state index in [2.05, 4.69) is 5.32 Å². The Morgan fingerprint density at radius 2 is 2.06 bits per heavy atom. The van der Waals surface area contributed by atoms with E-state index in [0.717, 1.165) is 11.4 Å². The first kappa shape index (κ1) is 12.7. The Kier molecular flexibility index (Phi) is 3.20. The lowest BCUT2D eigenvalue weighted by Gasteiger charge is -2.35. The van der Waals surface area contributed by atoms with Crippen molar-refractivity contribution in [2.45, 2.75) is 39.3 Å². The summed E-state index contributed by atoms with van der Waals surface area (Å²) in [4.78, 5) is 14.0. The van der Waals surface area contributed by atoms with E-state index < -0.39 is 0 Å². The fraction of sp³-hybridized carbons (Fsp3) is 0.500. The number of para-hydroxylation sites is 2. The van der Waals surface area contributed by atoms with Crippen LogP contribution in [0.1, 0.15) is 27.7 Å². The van der Waals surface area contributed by atoms with E-state index in [1.54, 1.807) is 4.90 Å². The summed E-state index contributed by atoms with van der Waals surface area (Å²) in [7, 11) is 0. The van der Waals surface area contributed by atoms with Crippen LogP contribution in [0, 0.1) is 0 Å². The van der Waals surface area contributed by atoms with Gasteiger partial charge in [-0.05, 0) is 39.8 Å². The van der Waals surface area contributed by atoms with E-state index in [1.807, 2.05) is 52.0 Å². The zero-order valence-electron chi connectivity index (χ0n) is 11.4. The van der Waals surface area contributed by atoms with Crippen LogP contribution in [-0.4, -0.2) is 24.2 Å². The van der Waals surface area contributed by atoms with Gasteiger partial charge in [0.05, 0.1) is 12.2 Å².